The third kappa shape index (κ3) is 3.47. The first kappa shape index (κ1) is 13.5. The fourth-order valence-electron chi connectivity index (χ4n) is 1.49. The maximum absolute atomic E-state index is 12.0. The quantitative estimate of drug-likeness (QED) is 0.852. The maximum Gasteiger partial charge on any atom is 0.471 e. The summed E-state index contributed by atoms with van der Waals surface area (Å²) in [5.41, 5.74) is 3.64. The molecular formula is C12H14F3NO. The zero-order valence-electron chi connectivity index (χ0n) is 9.90. The first-order valence-corrected chi connectivity index (χ1v) is 5.13. The van der Waals surface area contributed by atoms with Gasteiger partial charge in [-0.25, -0.2) is 0 Å². The molecule has 0 aromatic heterocycles. The van der Waals surface area contributed by atoms with Gasteiger partial charge < -0.3 is 5.32 Å². The smallest absolute Gasteiger partial charge is 0.344 e. The van der Waals surface area contributed by atoms with Crippen molar-refractivity contribution >= 4 is 5.91 Å². The summed E-state index contributed by atoms with van der Waals surface area (Å²) in [6, 6.07) is 3.69. The third-order valence-corrected chi connectivity index (χ3v) is 2.65. The van der Waals surface area contributed by atoms with Gasteiger partial charge in [0.05, 0.1) is 0 Å². The van der Waals surface area contributed by atoms with E-state index in [2.05, 4.69) is 0 Å². The molecule has 94 valence electrons. The number of carbonyl (C=O) groups is 1. The van der Waals surface area contributed by atoms with Gasteiger partial charge in [-0.05, 0) is 43.0 Å². The number of benzene rings is 1. The minimum atomic E-state index is -4.83. The predicted molar refractivity (Wildman–Crippen MR) is 58.6 cm³/mol. The summed E-state index contributed by atoms with van der Waals surface area (Å²) in [6.07, 6.45) is -4.83. The first-order chi connectivity index (χ1) is 7.71. The molecule has 2 nitrogen and oxygen atoms in total. The van der Waals surface area contributed by atoms with Crippen LogP contribution >= 0.6 is 0 Å². The lowest BCUT2D eigenvalue weighted by atomic mass is 10.0. The van der Waals surface area contributed by atoms with Gasteiger partial charge in [-0.2, -0.15) is 13.2 Å². The van der Waals surface area contributed by atoms with E-state index >= 15 is 0 Å². The Balaban J connectivity index is 2.77. The number of hydrogen-bond acceptors (Lipinski definition) is 1. The minimum absolute atomic E-state index is 0.106. The van der Waals surface area contributed by atoms with E-state index in [0.717, 1.165) is 16.7 Å². The molecule has 0 fully saturated rings. The molecule has 0 aliphatic carbocycles. The van der Waals surface area contributed by atoms with Crippen LogP contribution in [0.4, 0.5) is 13.2 Å². The van der Waals surface area contributed by atoms with Crippen molar-refractivity contribution in [2.45, 2.75) is 33.5 Å². The summed E-state index contributed by atoms with van der Waals surface area (Å²) in [5, 5.41) is 1.86. The third-order valence-electron chi connectivity index (χ3n) is 2.65. The SMILES string of the molecule is Cc1cc(C)c(CNC(=O)C(F)(F)F)cc1C. The molecule has 0 aliphatic heterocycles. The molecule has 0 bridgehead atoms. The van der Waals surface area contributed by atoms with Crippen molar-refractivity contribution in [2.24, 2.45) is 0 Å². The molecule has 0 saturated heterocycles. The Bertz CT molecular complexity index is 438. The highest BCUT2D eigenvalue weighted by molar-refractivity contribution is 5.81. The van der Waals surface area contributed by atoms with Gasteiger partial charge in [0.15, 0.2) is 0 Å². The van der Waals surface area contributed by atoms with Crippen molar-refractivity contribution in [3.8, 4) is 0 Å². The van der Waals surface area contributed by atoms with E-state index in [-0.39, 0.29) is 6.54 Å². The van der Waals surface area contributed by atoms with Gasteiger partial charge in [-0.15, -0.1) is 0 Å². The molecule has 5 heteroatoms. The average Bonchev–Trinajstić information content (AvgIpc) is 2.19. The molecule has 1 aromatic rings. The van der Waals surface area contributed by atoms with Gasteiger partial charge in [0.25, 0.3) is 0 Å². The highest BCUT2D eigenvalue weighted by Gasteiger charge is 2.38. The summed E-state index contributed by atoms with van der Waals surface area (Å²) in [6.45, 7) is 5.51. The van der Waals surface area contributed by atoms with Gasteiger partial charge in [0, 0.05) is 6.54 Å². The van der Waals surface area contributed by atoms with Crippen molar-refractivity contribution in [3.05, 3.63) is 34.4 Å². The second kappa shape index (κ2) is 4.77. The van der Waals surface area contributed by atoms with Crippen LogP contribution < -0.4 is 5.32 Å². The van der Waals surface area contributed by atoms with Crippen LogP contribution in [0.3, 0.4) is 0 Å². The molecule has 1 aromatic carbocycles. The molecule has 0 spiro atoms. The monoisotopic (exact) mass is 245 g/mol. The number of halogens is 3. The standard InChI is InChI=1S/C12H14F3NO/c1-7-4-9(3)10(5-8(7)2)6-16-11(17)12(13,14)15/h4-5H,6H2,1-3H3,(H,16,17). The van der Waals surface area contributed by atoms with Crippen LogP contribution in [0.15, 0.2) is 12.1 Å². The molecule has 0 atom stereocenters. The first-order valence-electron chi connectivity index (χ1n) is 5.13. The number of carbonyl (C=O) groups excluding carboxylic acids is 1. The molecule has 1 rings (SSSR count). The van der Waals surface area contributed by atoms with Crippen LogP contribution in [0.25, 0.3) is 0 Å². The van der Waals surface area contributed by atoms with Gasteiger partial charge in [0.2, 0.25) is 0 Å². The molecule has 1 amide bonds. The zero-order chi connectivity index (χ0) is 13.2. The number of amides is 1. The molecule has 1 N–H and O–H groups in total. The number of aryl methyl sites for hydroxylation is 3. The van der Waals surface area contributed by atoms with Crippen molar-refractivity contribution in [1.29, 1.82) is 0 Å². The van der Waals surface area contributed by atoms with Crippen LogP contribution in [0.1, 0.15) is 22.3 Å². The molecule has 0 aliphatic rings. The van der Waals surface area contributed by atoms with Crippen molar-refractivity contribution in [2.75, 3.05) is 0 Å². The molecule has 17 heavy (non-hydrogen) atoms. The summed E-state index contributed by atoms with van der Waals surface area (Å²) in [5.74, 6) is -1.91. The van der Waals surface area contributed by atoms with Crippen LogP contribution in [-0.4, -0.2) is 12.1 Å². The molecule has 0 heterocycles. The normalized spacial score (nSPS) is 11.4. The maximum atomic E-state index is 12.0. The van der Waals surface area contributed by atoms with Gasteiger partial charge in [-0.1, -0.05) is 12.1 Å². The molecule has 0 radical (unpaired) electrons. The van der Waals surface area contributed by atoms with E-state index in [4.69, 9.17) is 0 Å². The Kier molecular flexibility index (Phi) is 3.80. The second-order valence-electron chi connectivity index (χ2n) is 4.04. The lowest BCUT2D eigenvalue weighted by Gasteiger charge is -2.12. The van der Waals surface area contributed by atoms with E-state index in [1.165, 1.54) is 0 Å². The van der Waals surface area contributed by atoms with Crippen LogP contribution in [0, 0.1) is 20.8 Å². The number of rotatable bonds is 2. The van der Waals surface area contributed by atoms with Gasteiger partial charge >= 0.3 is 12.1 Å². The van der Waals surface area contributed by atoms with E-state index in [1.807, 2.05) is 32.2 Å². The summed E-state index contributed by atoms with van der Waals surface area (Å²) < 4.78 is 36.0. The van der Waals surface area contributed by atoms with Crippen LogP contribution in [0.2, 0.25) is 0 Å². The Morgan fingerprint density at radius 2 is 1.65 bits per heavy atom. The van der Waals surface area contributed by atoms with E-state index in [0.29, 0.717) is 5.56 Å². The van der Waals surface area contributed by atoms with Crippen molar-refractivity contribution < 1.29 is 18.0 Å². The largest absolute Gasteiger partial charge is 0.471 e. The Morgan fingerprint density at radius 3 is 2.18 bits per heavy atom. The summed E-state index contributed by atoms with van der Waals surface area (Å²) in [7, 11) is 0. The summed E-state index contributed by atoms with van der Waals surface area (Å²) >= 11 is 0. The minimum Gasteiger partial charge on any atom is -0.344 e. The van der Waals surface area contributed by atoms with E-state index < -0.39 is 12.1 Å². The fourth-order valence-corrected chi connectivity index (χ4v) is 1.49. The van der Waals surface area contributed by atoms with E-state index in [9.17, 15) is 18.0 Å². The highest BCUT2D eigenvalue weighted by Crippen LogP contribution is 2.17. The number of alkyl halides is 3. The zero-order valence-corrected chi connectivity index (χ0v) is 9.90. The molecular weight excluding hydrogens is 231 g/mol. The average molecular weight is 245 g/mol. The Morgan fingerprint density at radius 1 is 1.12 bits per heavy atom. The van der Waals surface area contributed by atoms with Crippen LogP contribution in [-0.2, 0) is 11.3 Å². The topological polar surface area (TPSA) is 29.1 Å². The van der Waals surface area contributed by atoms with Crippen LogP contribution in [0.5, 0.6) is 0 Å². The van der Waals surface area contributed by atoms with Gasteiger partial charge in [-0.3, -0.25) is 4.79 Å². The molecule has 0 saturated carbocycles. The Labute approximate surface area is 97.8 Å². The lowest BCUT2D eigenvalue weighted by molar-refractivity contribution is -0.173. The summed E-state index contributed by atoms with van der Waals surface area (Å²) in [4.78, 5) is 10.7. The van der Waals surface area contributed by atoms with Crippen molar-refractivity contribution in [3.63, 3.8) is 0 Å². The van der Waals surface area contributed by atoms with E-state index in [1.54, 1.807) is 6.07 Å². The fraction of sp³-hybridized carbons (Fsp3) is 0.417. The second-order valence-corrected chi connectivity index (χ2v) is 4.04. The van der Waals surface area contributed by atoms with Crippen molar-refractivity contribution in [1.82, 2.24) is 5.32 Å². The number of hydrogen-bond donors (Lipinski definition) is 1. The molecule has 0 unspecified atom stereocenters. The predicted octanol–water partition coefficient (Wildman–Crippen LogP) is 2.79. The van der Waals surface area contributed by atoms with Gasteiger partial charge in [0.1, 0.15) is 0 Å². The Hall–Kier alpha value is -1.52. The number of nitrogens with one attached hydrogen (secondary N) is 1. The highest BCUT2D eigenvalue weighted by atomic mass is 19.4. The lowest BCUT2D eigenvalue weighted by Crippen LogP contribution is -2.36.